The molecule has 1 fully saturated rings. The van der Waals surface area contributed by atoms with Gasteiger partial charge in [-0.15, -0.1) is 11.3 Å². The Balaban J connectivity index is 1.45. The minimum Gasteiger partial charge on any atom is -0.351 e. The number of nitrogens with zero attached hydrogens (tertiary/aromatic N) is 2. The van der Waals surface area contributed by atoms with Gasteiger partial charge in [0.05, 0.1) is 16.0 Å². The molecule has 1 aliphatic heterocycles. The third kappa shape index (κ3) is 4.90. The van der Waals surface area contributed by atoms with E-state index in [2.05, 4.69) is 10.2 Å². The molecule has 2 heterocycles. The van der Waals surface area contributed by atoms with Crippen LogP contribution >= 0.6 is 11.3 Å². The molecule has 28 heavy (non-hydrogen) atoms. The topological polar surface area (TPSA) is 52.7 Å². The fraction of sp³-hybridized carbons (Fsp3) is 0.368. The molecule has 1 aromatic heterocycles. The molecular formula is C19H20F3N3O2S. The fourth-order valence-electron chi connectivity index (χ4n) is 3.08. The van der Waals surface area contributed by atoms with Crippen molar-refractivity contribution in [2.75, 3.05) is 39.3 Å². The van der Waals surface area contributed by atoms with Crippen LogP contribution in [-0.2, 0) is 6.18 Å². The van der Waals surface area contributed by atoms with Crippen LogP contribution in [0.15, 0.2) is 41.8 Å². The van der Waals surface area contributed by atoms with Gasteiger partial charge in [0, 0.05) is 39.3 Å². The second-order valence-electron chi connectivity index (χ2n) is 6.41. The van der Waals surface area contributed by atoms with E-state index in [0.29, 0.717) is 37.6 Å². The highest BCUT2D eigenvalue weighted by atomic mass is 32.1. The molecule has 150 valence electrons. The Morgan fingerprint density at radius 2 is 1.75 bits per heavy atom. The maximum atomic E-state index is 13.0. The summed E-state index contributed by atoms with van der Waals surface area (Å²) in [5, 5.41) is 4.42. The predicted molar refractivity (Wildman–Crippen MR) is 100 cm³/mol. The zero-order chi connectivity index (χ0) is 20.1. The molecule has 0 unspecified atom stereocenters. The first-order valence-corrected chi connectivity index (χ1v) is 9.74. The summed E-state index contributed by atoms with van der Waals surface area (Å²) in [7, 11) is 0. The Bertz CT molecular complexity index is 816. The number of nitrogens with one attached hydrogen (secondary N) is 1. The Labute approximate surface area is 164 Å². The first kappa shape index (κ1) is 20.3. The lowest BCUT2D eigenvalue weighted by Crippen LogP contribution is -2.50. The number of alkyl halides is 3. The smallest absolute Gasteiger partial charge is 0.351 e. The largest absolute Gasteiger partial charge is 0.417 e. The molecule has 0 aliphatic carbocycles. The van der Waals surface area contributed by atoms with E-state index in [0.717, 1.165) is 6.07 Å². The van der Waals surface area contributed by atoms with Crippen LogP contribution in [-0.4, -0.2) is 60.9 Å². The third-order valence-electron chi connectivity index (χ3n) is 4.58. The molecule has 2 amide bonds. The lowest BCUT2D eigenvalue weighted by Gasteiger charge is -2.34. The number of rotatable bonds is 5. The quantitative estimate of drug-likeness (QED) is 0.823. The SMILES string of the molecule is O=C(NCCN1CCN(C(=O)c2cccs2)CC1)c1ccccc1C(F)(F)F. The van der Waals surface area contributed by atoms with Crippen LogP contribution in [0.1, 0.15) is 25.6 Å². The second-order valence-corrected chi connectivity index (χ2v) is 7.36. The highest BCUT2D eigenvalue weighted by Gasteiger charge is 2.34. The molecule has 2 aromatic rings. The molecule has 0 radical (unpaired) electrons. The number of thiophene rings is 1. The van der Waals surface area contributed by atoms with E-state index < -0.39 is 17.6 Å². The Hall–Kier alpha value is -2.39. The number of carbonyl (C=O) groups is 2. The van der Waals surface area contributed by atoms with E-state index in [-0.39, 0.29) is 18.0 Å². The van der Waals surface area contributed by atoms with E-state index >= 15 is 0 Å². The van der Waals surface area contributed by atoms with Crippen molar-refractivity contribution in [3.05, 3.63) is 57.8 Å². The molecule has 0 saturated carbocycles. The van der Waals surface area contributed by atoms with Gasteiger partial charge in [0.25, 0.3) is 11.8 Å². The number of benzene rings is 1. The summed E-state index contributed by atoms with van der Waals surface area (Å²) in [6, 6.07) is 8.39. The van der Waals surface area contributed by atoms with E-state index in [4.69, 9.17) is 0 Å². The van der Waals surface area contributed by atoms with Crippen LogP contribution in [0, 0.1) is 0 Å². The maximum absolute atomic E-state index is 13.0. The molecule has 0 bridgehead atoms. The lowest BCUT2D eigenvalue weighted by atomic mass is 10.1. The summed E-state index contributed by atoms with van der Waals surface area (Å²) >= 11 is 1.41. The van der Waals surface area contributed by atoms with Gasteiger partial charge in [0.1, 0.15) is 0 Å². The number of hydrogen-bond acceptors (Lipinski definition) is 4. The van der Waals surface area contributed by atoms with Crippen molar-refractivity contribution in [2.24, 2.45) is 0 Å². The highest BCUT2D eigenvalue weighted by Crippen LogP contribution is 2.31. The van der Waals surface area contributed by atoms with E-state index in [1.807, 2.05) is 11.4 Å². The average molecular weight is 411 g/mol. The third-order valence-corrected chi connectivity index (χ3v) is 5.44. The second kappa shape index (κ2) is 8.74. The fourth-order valence-corrected chi connectivity index (χ4v) is 3.77. The molecule has 0 spiro atoms. The Kier molecular flexibility index (Phi) is 6.35. The molecule has 1 aromatic carbocycles. The van der Waals surface area contributed by atoms with Crippen LogP contribution in [0.4, 0.5) is 13.2 Å². The number of hydrogen-bond donors (Lipinski definition) is 1. The van der Waals surface area contributed by atoms with Crippen molar-refractivity contribution in [1.82, 2.24) is 15.1 Å². The Morgan fingerprint density at radius 3 is 2.39 bits per heavy atom. The van der Waals surface area contributed by atoms with Gasteiger partial charge in [0.15, 0.2) is 0 Å². The van der Waals surface area contributed by atoms with Gasteiger partial charge in [-0.3, -0.25) is 14.5 Å². The predicted octanol–water partition coefficient (Wildman–Crippen LogP) is 2.95. The first-order valence-electron chi connectivity index (χ1n) is 8.86. The first-order chi connectivity index (χ1) is 13.4. The van der Waals surface area contributed by atoms with Crippen molar-refractivity contribution in [1.29, 1.82) is 0 Å². The zero-order valence-electron chi connectivity index (χ0n) is 15.0. The minimum atomic E-state index is -4.57. The molecule has 3 rings (SSSR count). The summed E-state index contributed by atoms with van der Waals surface area (Å²) in [6.45, 7) is 3.24. The minimum absolute atomic E-state index is 0.0201. The molecule has 0 atom stereocenters. The van der Waals surface area contributed by atoms with Gasteiger partial charge in [0.2, 0.25) is 0 Å². The van der Waals surface area contributed by atoms with Gasteiger partial charge in [-0.2, -0.15) is 13.2 Å². The number of amides is 2. The molecule has 5 nitrogen and oxygen atoms in total. The summed E-state index contributed by atoms with van der Waals surface area (Å²) in [6.07, 6.45) is -4.57. The molecule has 1 saturated heterocycles. The van der Waals surface area contributed by atoms with Gasteiger partial charge in [-0.05, 0) is 23.6 Å². The van der Waals surface area contributed by atoms with Crippen LogP contribution < -0.4 is 5.32 Å². The van der Waals surface area contributed by atoms with Crippen LogP contribution in [0.2, 0.25) is 0 Å². The summed E-state index contributed by atoms with van der Waals surface area (Å²) in [5.41, 5.74) is -1.31. The van der Waals surface area contributed by atoms with Crippen molar-refractivity contribution in [3.8, 4) is 0 Å². The molecular weight excluding hydrogens is 391 g/mol. The molecule has 9 heteroatoms. The van der Waals surface area contributed by atoms with E-state index in [1.165, 1.54) is 29.5 Å². The van der Waals surface area contributed by atoms with Gasteiger partial charge in [-0.25, -0.2) is 0 Å². The van der Waals surface area contributed by atoms with Gasteiger partial charge < -0.3 is 10.2 Å². The standard InChI is InChI=1S/C19H20F3N3O2S/c20-19(21,22)15-5-2-1-4-14(15)17(26)23-7-8-24-9-11-25(12-10-24)18(27)16-6-3-13-28-16/h1-6,13H,7-12H2,(H,23,26). The van der Waals surface area contributed by atoms with Crippen molar-refractivity contribution in [3.63, 3.8) is 0 Å². The van der Waals surface area contributed by atoms with Crippen LogP contribution in [0.5, 0.6) is 0 Å². The van der Waals surface area contributed by atoms with Gasteiger partial charge in [-0.1, -0.05) is 18.2 Å². The molecule has 1 N–H and O–H groups in total. The number of halogens is 3. The Morgan fingerprint density at radius 1 is 1.04 bits per heavy atom. The van der Waals surface area contributed by atoms with E-state index in [9.17, 15) is 22.8 Å². The van der Waals surface area contributed by atoms with Crippen LogP contribution in [0.3, 0.4) is 0 Å². The van der Waals surface area contributed by atoms with Crippen molar-refractivity contribution >= 4 is 23.2 Å². The summed E-state index contributed by atoms with van der Waals surface area (Å²) in [5.74, 6) is -0.717. The zero-order valence-corrected chi connectivity index (χ0v) is 15.9. The maximum Gasteiger partial charge on any atom is 0.417 e. The van der Waals surface area contributed by atoms with Gasteiger partial charge >= 0.3 is 6.18 Å². The van der Waals surface area contributed by atoms with Crippen molar-refractivity contribution in [2.45, 2.75) is 6.18 Å². The number of carbonyl (C=O) groups excluding carboxylic acids is 2. The average Bonchev–Trinajstić information content (AvgIpc) is 3.22. The normalized spacial score (nSPS) is 15.5. The highest BCUT2D eigenvalue weighted by molar-refractivity contribution is 7.12. The molecule has 1 aliphatic rings. The lowest BCUT2D eigenvalue weighted by molar-refractivity contribution is -0.137. The van der Waals surface area contributed by atoms with E-state index in [1.54, 1.807) is 11.0 Å². The summed E-state index contributed by atoms with van der Waals surface area (Å²) in [4.78, 5) is 29.0. The number of piperazine rings is 1. The van der Waals surface area contributed by atoms with Crippen LogP contribution in [0.25, 0.3) is 0 Å². The monoisotopic (exact) mass is 411 g/mol. The van der Waals surface area contributed by atoms with Crippen molar-refractivity contribution < 1.29 is 22.8 Å². The summed E-state index contributed by atoms with van der Waals surface area (Å²) < 4.78 is 39.0.